The summed E-state index contributed by atoms with van der Waals surface area (Å²) in [6.07, 6.45) is 0. The molecule has 0 aromatic heterocycles. The number of rotatable bonds is 4. The standard InChI is InChI=1S/C16H14I2N2O2/c21-19(13-4-2-1-3-5-13)14-6-8-15(9-7-14)20(22)16-12-17-10-11-18-16/h1-12,20-21H. The minimum Gasteiger partial charge on any atom is -0.623 e. The Morgan fingerprint density at radius 3 is 2.23 bits per heavy atom. The van der Waals surface area contributed by atoms with Gasteiger partial charge >= 0.3 is 0 Å². The van der Waals surface area contributed by atoms with Gasteiger partial charge in [0.1, 0.15) is 5.69 Å². The molecule has 0 aliphatic carbocycles. The van der Waals surface area contributed by atoms with E-state index in [-0.39, 0.29) is 46.5 Å². The molecule has 0 fully saturated rings. The van der Waals surface area contributed by atoms with E-state index in [2.05, 4.69) is 12.2 Å². The second-order valence-corrected chi connectivity index (χ2v) is 9.03. The van der Waals surface area contributed by atoms with Crippen LogP contribution in [0.1, 0.15) is 0 Å². The number of hydroxylamine groups is 1. The van der Waals surface area contributed by atoms with Crippen molar-refractivity contribution < 1.29 is 10.3 Å². The number of anilines is 2. The lowest BCUT2D eigenvalue weighted by atomic mass is 10.2. The van der Waals surface area contributed by atoms with Crippen LogP contribution < -0.4 is 10.1 Å². The van der Waals surface area contributed by atoms with Crippen molar-refractivity contribution >= 4 is 66.2 Å². The maximum Gasteiger partial charge on any atom is 0.172 e. The Morgan fingerprint density at radius 2 is 1.59 bits per heavy atom. The summed E-state index contributed by atoms with van der Waals surface area (Å²) in [7, 11) is 0. The molecule has 1 heterocycles. The van der Waals surface area contributed by atoms with Crippen LogP contribution >= 0.6 is 41.5 Å². The highest BCUT2D eigenvalue weighted by Crippen LogP contribution is 2.23. The quantitative estimate of drug-likeness (QED) is 0.479. The van der Waals surface area contributed by atoms with Crippen LogP contribution in [0.15, 0.2) is 62.8 Å². The van der Waals surface area contributed by atoms with Gasteiger partial charge in [-0.3, -0.25) is 5.21 Å². The zero-order valence-electron chi connectivity index (χ0n) is 11.5. The van der Waals surface area contributed by atoms with Crippen molar-refractivity contribution in [2.75, 3.05) is 5.06 Å². The van der Waals surface area contributed by atoms with Crippen molar-refractivity contribution in [3.05, 3.63) is 68.0 Å². The van der Waals surface area contributed by atoms with E-state index in [9.17, 15) is 10.4 Å². The number of nitrogens with zero attached hydrogens (tertiary/aromatic N) is 1. The molecule has 1 unspecified atom stereocenters. The number of hydrogen-bond donors (Lipinski definition) is 2. The van der Waals surface area contributed by atoms with Crippen molar-refractivity contribution in [1.29, 1.82) is 0 Å². The van der Waals surface area contributed by atoms with Crippen LogP contribution in [0, 0.1) is 5.21 Å². The normalized spacial score (nSPS) is 15.3. The smallest absolute Gasteiger partial charge is 0.172 e. The van der Waals surface area contributed by atoms with Crippen LogP contribution in [-0.4, -0.2) is 12.9 Å². The fraction of sp³-hybridized carbons (Fsp3) is 0. The third kappa shape index (κ3) is 3.69. The highest BCUT2D eigenvalue weighted by atomic mass is 127. The number of hydrogen-bond acceptors (Lipinski definition) is 3. The number of nitrogens with one attached hydrogen (secondary N) is 1. The van der Waals surface area contributed by atoms with Gasteiger partial charge in [0.25, 0.3) is 0 Å². The summed E-state index contributed by atoms with van der Waals surface area (Å²) in [5.41, 5.74) is 2.02. The van der Waals surface area contributed by atoms with Gasteiger partial charge in [0.15, 0.2) is 3.63 Å². The van der Waals surface area contributed by atoms with E-state index in [0.29, 0.717) is 17.1 Å². The first-order chi connectivity index (χ1) is 10.8. The van der Waals surface area contributed by atoms with E-state index in [1.807, 2.05) is 30.3 Å². The maximum atomic E-state index is 12.4. The second-order valence-electron chi connectivity index (χ2n) is 4.47. The topological polar surface area (TPSA) is 51.0 Å². The minimum atomic E-state index is -0.276. The third-order valence-corrected chi connectivity index (χ3v) is 9.57. The van der Waals surface area contributed by atoms with Crippen LogP contribution in [0.5, 0.6) is 0 Å². The van der Waals surface area contributed by atoms with E-state index < -0.39 is 0 Å². The van der Waals surface area contributed by atoms with Gasteiger partial charge < -0.3 is 10.3 Å². The van der Waals surface area contributed by atoms with Crippen LogP contribution in [0.2, 0.25) is 0 Å². The molecule has 3 rings (SSSR count). The molecule has 6 heteroatoms. The van der Waals surface area contributed by atoms with E-state index in [1.54, 1.807) is 24.3 Å². The Kier molecular flexibility index (Phi) is 5.47. The summed E-state index contributed by atoms with van der Waals surface area (Å²) in [5, 5.41) is 23.9. The largest absolute Gasteiger partial charge is 0.623 e. The summed E-state index contributed by atoms with van der Waals surface area (Å²) in [5.74, 6) is 0. The van der Waals surface area contributed by atoms with Crippen molar-refractivity contribution in [3.8, 4) is 0 Å². The first-order valence-corrected chi connectivity index (χ1v) is 11.4. The highest BCUT2D eigenvalue weighted by molar-refractivity contribution is 14.2. The number of halogens is 2. The van der Waals surface area contributed by atoms with Crippen LogP contribution in [0.3, 0.4) is 0 Å². The molecule has 22 heavy (non-hydrogen) atoms. The van der Waals surface area contributed by atoms with Gasteiger partial charge in [-0.05, 0) is 53.2 Å². The van der Waals surface area contributed by atoms with Crippen LogP contribution in [0.4, 0.5) is 17.1 Å². The molecule has 1 aliphatic heterocycles. The first-order valence-electron chi connectivity index (χ1n) is 6.55. The molecule has 0 radical (unpaired) electrons. The van der Waals surface area contributed by atoms with E-state index in [4.69, 9.17) is 0 Å². The second kappa shape index (κ2) is 7.55. The first kappa shape index (κ1) is 15.9. The molecular weight excluding hydrogens is 506 g/mol. The summed E-state index contributed by atoms with van der Waals surface area (Å²) >= 11 is -0.359. The maximum absolute atomic E-state index is 12.4. The van der Waals surface area contributed by atoms with Gasteiger partial charge in [0.05, 0.1) is 11.4 Å². The highest BCUT2D eigenvalue weighted by Gasteiger charge is 2.11. The molecule has 1 aliphatic rings. The molecule has 0 saturated carbocycles. The van der Waals surface area contributed by atoms with Gasteiger partial charge in [-0.2, -0.15) is 0 Å². The number of benzene rings is 2. The Hall–Kier alpha value is -0.940. The van der Waals surface area contributed by atoms with E-state index >= 15 is 0 Å². The van der Waals surface area contributed by atoms with Gasteiger partial charge in [0.2, 0.25) is 0 Å². The SMILES string of the molecule is [O-][NH+](C1=IC=CI=C1)c1ccc(N(O)c2ccccc2)cc1. The zero-order valence-corrected chi connectivity index (χ0v) is 15.8. The van der Waals surface area contributed by atoms with Gasteiger partial charge in [0, 0.05) is 16.1 Å². The summed E-state index contributed by atoms with van der Waals surface area (Å²) in [6.45, 7) is 0. The summed E-state index contributed by atoms with van der Waals surface area (Å²) in [4.78, 5) is 0. The lowest BCUT2D eigenvalue weighted by molar-refractivity contribution is -0.660. The monoisotopic (exact) mass is 520 g/mol. The molecule has 0 bridgehead atoms. The van der Waals surface area contributed by atoms with Gasteiger partial charge in [-0.1, -0.05) is 38.9 Å². The molecule has 2 N–H and O–H groups in total. The van der Waals surface area contributed by atoms with E-state index in [0.717, 1.165) is 8.70 Å². The average molecular weight is 520 g/mol. The Morgan fingerprint density at radius 1 is 0.909 bits per heavy atom. The molecule has 0 spiro atoms. The molecule has 1 atom stereocenters. The fourth-order valence-electron chi connectivity index (χ4n) is 1.94. The molecule has 0 saturated heterocycles. The van der Waals surface area contributed by atoms with Crippen LogP contribution in [-0.2, 0) is 0 Å². The van der Waals surface area contributed by atoms with Crippen molar-refractivity contribution in [3.63, 3.8) is 0 Å². The fourth-order valence-corrected chi connectivity index (χ4v) is 7.95. The summed E-state index contributed by atoms with van der Waals surface area (Å²) in [6, 6.07) is 16.4. The number of quaternary nitrogens is 1. The Labute approximate surface area is 148 Å². The van der Waals surface area contributed by atoms with Crippen LogP contribution in [0.25, 0.3) is 0 Å². The van der Waals surface area contributed by atoms with Crippen molar-refractivity contribution in [2.45, 2.75) is 0 Å². The lowest BCUT2D eigenvalue weighted by Crippen LogP contribution is -3.05. The predicted octanol–water partition coefficient (Wildman–Crippen LogP) is 3.59. The molecule has 2 aromatic rings. The molecule has 2 aromatic carbocycles. The average Bonchev–Trinajstić information content (AvgIpc) is 2.62. The molecule has 114 valence electrons. The molecular formula is C16H14I2N2O2. The van der Waals surface area contributed by atoms with Gasteiger partial charge in [-0.25, -0.2) is 5.06 Å². The third-order valence-electron chi connectivity index (χ3n) is 3.05. The summed E-state index contributed by atoms with van der Waals surface area (Å²) < 4.78 is 7.52. The number of para-hydroxylation sites is 1. The van der Waals surface area contributed by atoms with Crippen molar-refractivity contribution in [1.82, 2.24) is 0 Å². The predicted molar refractivity (Wildman–Crippen MR) is 109 cm³/mol. The minimum absolute atomic E-state index is 0.0829. The molecule has 4 nitrogen and oxygen atoms in total. The Balaban J connectivity index is 1.79. The molecule has 0 amide bonds. The lowest BCUT2D eigenvalue weighted by Gasteiger charge is -2.23. The van der Waals surface area contributed by atoms with Gasteiger partial charge in [-0.15, -0.1) is 0 Å². The zero-order chi connectivity index (χ0) is 15.4. The Bertz CT molecular complexity index is 728. The van der Waals surface area contributed by atoms with E-state index in [1.165, 1.54) is 0 Å². The van der Waals surface area contributed by atoms with Crippen molar-refractivity contribution in [2.24, 2.45) is 0 Å².